The van der Waals surface area contributed by atoms with Gasteiger partial charge in [0.1, 0.15) is 11.6 Å². The highest BCUT2D eigenvalue weighted by atomic mass is 35.5. The first-order valence-electron chi connectivity index (χ1n) is 10.1. The minimum atomic E-state index is -3.62. The molecule has 30 heavy (non-hydrogen) atoms. The summed E-state index contributed by atoms with van der Waals surface area (Å²) in [6.45, 7) is 5.84. The Morgan fingerprint density at radius 3 is 2.30 bits per heavy atom. The van der Waals surface area contributed by atoms with Crippen LogP contribution in [0.5, 0.6) is 5.75 Å². The number of aryl methyl sites for hydroxylation is 1. The maximum Gasteiger partial charge on any atom is 0.243 e. The zero-order valence-electron chi connectivity index (χ0n) is 17.2. The molecule has 2 aliphatic heterocycles. The average Bonchev–Trinajstić information content (AvgIpc) is 3.28. The molecule has 8 nitrogen and oxygen atoms in total. The number of nitrogens with zero attached hydrogens (tertiary/aromatic N) is 5. The van der Waals surface area contributed by atoms with Crippen LogP contribution in [0.15, 0.2) is 29.2 Å². The van der Waals surface area contributed by atoms with Gasteiger partial charge in [-0.05, 0) is 38.0 Å². The summed E-state index contributed by atoms with van der Waals surface area (Å²) in [5.74, 6) is 2.08. The number of halogens is 1. The molecule has 2 fully saturated rings. The van der Waals surface area contributed by atoms with Crippen molar-refractivity contribution >= 4 is 33.4 Å². The second-order valence-corrected chi connectivity index (χ2v) is 9.89. The topological polar surface area (TPSA) is 78.9 Å². The Hall–Kier alpha value is -2.10. The summed E-state index contributed by atoms with van der Waals surface area (Å²) in [6.07, 6.45) is 2.33. The van der Waals surface area contributed by atoms with Crippen molar-refractivity contribution in [1.29, 1.82) is 0 Å². The van der Waals surface area contributed by atoms with Crippen molar-refractivity contribution in [1.82, 2.24) is 14.3 Å². The number of ether oxygens (including phenoxy) is 1. The molecule has 0 unspecified atom stereocenters. The molecule has 2 saturated heterocycles. The third-order valence-corrected chi connectivity index (χ3v) is 7.73. The highest BCUT2D eigenvalue weighted by Gasteiger charge is 2.30. The first-order chi connectivity index (χ1) is 14.4. The number of hydrogen-bond acceptors (Lipinski definition) is 7. The van der Waals surface area contributed by atoms with Crippen LogP contribution < -0.4 is 14.5 Å². The number of sulfonamides is 1. The molecule has 162 valence electrons. The third-order valence-electron chi connectivity index (χ3n) is 5.54. The van der Waals surface area contributed by atoms with Crippen molar-refractivity contribution in [3.63, 3.8) is 0 Å². The predicted molar refractivity (Wildman–Crippen MR) is 117 cm³/mol. The summed E-state index contributed by atoms with van der Waals surface area (Å²) in [4.78, 5) is 13.9. The Morgan fingerprint density at radius 1 is 0.967 bits per heavy atom. The van der Waals surface area contributed by atoms with E-state index < -0.39 is 10.0 Å². The van der Waals surface area contributed by atoms with Gasteiger partial charge in [0.05, 0.1) is 17.0 Å². The van der Waals surface area contributed by atoms with Crippen molar-refractivity contribution in [3.05, 3.63) is 35.0 Å². The van der Waals surface area contributed by atoms with E-state index >= 15 is 0 Å². The maximum absolute atomic E-state index is 13.0. The van der Waals surface area contributed by atoms with E-state index in [4.69, 9.17) is 21.3 Å². The lowest BCUT2D eigenvalue weighted by Crippen LogP contribution is -2.49. The molecule has 0 atom stereocenters. The highest BCUT2D eigenvalue weighted by molar-refractivity contribution is 7.89. The van der Waals surface area contributed by atoms with Crippen LogP contribution in [0.2, 0.25) is 5.02 Å². The van der Waals surface area contributed by atoms with Crippen LogP contribution in [0.4, 0.5) is 11.8 Å². The van der Waals surface area contributed by atoms with E-state index in [1.54, 1.807) is 6.07 Å². The van der Waals surface area contributed by atoms with E-state index in [0.29, 0.717) is 31.9 Å². The van der Waals surface area contributed by atoms with E-state index in [0.717, 1.165) is 30.5 Å². The number of benzene rings is 1. The minimum absolute atomic E-state index is 0.177. The molecule has 0 amide bonds. The summed E-state index contributed by atoms with van der Waals surface area (Å²) >= 11 is 6.13. The molecular weight excluding hydrogens is 426 g/mol. The van der Waals surface area contributed by atoms with Gasteiger partial charge in [-0.15, -0.1) is 0 Å². The van der Waals surface area contributed by atoms with Gasteiger partial charge in [0, 0.05) is 51.0 Å². The molecule has 0 bridgehead atoms. The van der Waals surface area contributed by atoms with Crippen LogP contribution in [-0.4, -0.2) is 69.1 Å². The summed E-state index contributed by atoms with van der Waals surface area (Å²) in [5, 5.41) is 0.281. The zero-order chi connectivity index (χ0) is 21.3. The van der Waals surface area contributed by atoms with Crippen LogP contribution >= 0.6 is 11.6 Å². The summed E-state index contributed by atoms with van der Waals surface area (Å²) in [7, 11) is -2.12. The fourth-order valence-electron chi connectivity index (χ4n) is 3.87. The number of aromatic nitrogens is 2. The molecule has 10 heteroatoms. The van der Waals surface area contributed by atoms with Crippen molar-refractivity contribution in [2.75, 3.05) is 56.2 Å². The fraction of sp³-hybridized carbons (Fsp3) is 0.500. The Kier molecular flexibility index (Phi) is 6.04. The lowest BCUT2D eigenvalue weighted by Gasteiger charge is -2.35. The molecule has 1 aromatic heterocycles. The van der Waals surface area contributed by atoms with Gasteiger partial charge in [-0.2, -0.15) is 9.29 Å². The van der Waals surface area contributed by atoms with Crippen molar-refractivity contribution in [3.8, 4) is 5.75 Å². The first-order valence-corrected chi connectivity index (χ1v) is 11.9. The second-order valence-electron chi connectivity index (χ2n) is 7.55. The zero-order valence-corrected chi connectivity index (χ0v) is 18.8. The maximum atomic E-state index is 13.0. The van der Waals surface area contributed by atoms with Gasteiger partial charge in [0.2, 0.25) is 16.0 Å². The van der Waals surface area contributed by atoms with Gasteiger partial charge in [-0.1, -0.05) is 11.6 Å². The number of hydrogen-bond donors (Lipinski definition) is 0. The van der Waals surface area contributed by atoms with Crippen molar-refractivity contribution in [2.45, 2.75) is 24.7 Å². The van der Waals surface area contributed by atoms with Crippen LogP contribution in [-0.2, 0) is 10.0 Å². The number of piperazine rings is 1. The predicted octanol–water partition coefficient (Wildman–Crippen LogP) is 2.56. The first kappa shape index (κ1) is 21.1. The van der Waals surface area contributed by atoms with Crippen LogP contribution in [0, 0.1) is 6.92 Å². The van der Waals surface area contributed by atoms with Gasteiger partial charge in [0.25, 0.3) is 0 Å². The Bertz CT molecular complexity index is 1020. The summed E-state index contributed by atoms with van der Waals surface area (Å²) in [6, 6.07) is 6.52. The van der Waals surface area contributed by atoms with Gasteiger partial charge in [-0.3, -0.25) is 0 Å². The molecule has 2 aliphatic rings. The largest absolute Gasteiger partial charge is 0.495 e. The number of rotatable bonds is 5. The van der Waals surface area contributed by atoms with Gasteiger partial charge < -0.3 is 14.5 Å². The SMILES string of the molecule is COc1ccc(S(=O)(=O)N2CCN(c3cc(C)nc(N4CCCC4)n3)CC2)cc1Cl. The second kappa shape index (κ2) is 8.56. The van der Waals surface area contributed by atoms with E-state index in [2.05, 4.69) is 14.8 Å². The Morgan fingerprint density at radius 2 is 1.67 bits per heavy atom. The smallest absolute Gasteiger partial charge is 0.243 e. The van der Waals surface area contributed by atoms with Gasteiger partial charge in [0.15, 0.2) is 0 Å². The van der Waals surface area contributed by atoms with E-state index in [-0.39, 0.29) is 9.92 Å². The molecule has 0 radical (unpaired) electrons. The standard InChI is InChI=1S/C20H26ClN5O3S/c1-15-13-19(23-20(22-15)25-7-3-4-8-25)24-9-11-26(12-10-24)30(27,28)16-5-6-18(29-2)17(21)14-16/h5-6,13-14H,3-4,7-12H2,1-2H3. The summed E-state index contributed by atoms with van der Waals surface area (Å²) in [5.41, 5.74) is 0.921. The minimum Gasteiger partial charge on any atom is -0.495 e. The molecule has 1 aromatic carbocycles. The van der Waals surface area contributed by atoms with E-state index in [1.165, 1.54) is 36.4 Å². The normalized spacial score (nSPS) is 18.1. The van der Waals surface area contributed by atoms with E-state index in [1.807, 2.05) is 13.0 Å². The number of methoxy groups -OCH3 is 1. The third kappa shape index (κ3) is 4.19. The van der Waals surface area contributed by atoms with E-state index in [9.17, 15) is 8.42 Å². The highest BCUT2D eigenvalue weighted by Crippen LogP contribution is 2.29. The average molecular weight is 452 g/mol. The summed E-state index contributed by atoms with van der Waals surface area (Å²) < 4.78 is 32.7. The molecule has 0 spiro atoms. The lowest BCUT2D eigenvalue weighted by molar-refractivity contribution is 0.383. The van der Waals surface area contributed by atoms with Crippen molar-refractivity contribution < 1.29 is 13.2 Å². The molecular formula is C20H26ClN5O3S. The Labute approximate surface area is 182 Å². The van der Waals surface area contributed by atoms with Crippen LogP contribution in [0.25, 0.3) is 0 Å². The monoisotopic (exact) mass is 451 g/mol. The quantitative estimate of drug-likeness (QED) is 0.691. The molecule has 2 aromatic rings. The molecule has 4 rings (SSSR count). The Balaban J connectivity index is 1.48. The van der Waals surface area contributed by atoms with Gasteiger partial charge in [-0.25, -0.2) is 13.4 Å². The van der Waals surface area contributed by atoms with Gasteiger partial charge >= 0.3 is 0 Å². The molecule has 0 saturated carbocycles. The lowest BCUT2D eigenvalue weighted by atomic mass is 10.3. The molecule has 0 N–H and O–H groups in total. The fourth-order valence-corrected chi connectivity index (χ4v) is 5.64. The molecule has 0 aliphatic carbocycles. The van der Waals surface area contributed by atoms with Crippen molar-refractivity contribution in [2.24, 2.45) is 0 Å². The van der Waals surface area contributed by atoms with Crippen LogP contribution in [0.3, 0.4) is 0 Å². The molecule has 3 heterocycles. The van der Waals surface area contributed by atoms with Crippen LogP contribution in [0.1, 0.15) is 18.5 Å². The number of anilines is 2.